The van der Waals surface area contributed by atoms with E-state index in [1.165, 1.54) is 18.2 Å². The van der Waals surface area contributed by atoms with Crippen molar-refractivity contribution in [2.24, 2.45) is 5.92 Å². The van der Waals surface area contributed by atoms with E-state index in [0.29, 0.717) is 41.7 Å². The van der Waals surface area contributed by atoms with Crippen molar-refractivity contribution in [1.82, 2.24) is 4.90 Å². The van der Waals surface area contributed by atoms with Crippen LogP contribution in [0.1, 0.15) is 24.0 Å². The minimum absolute atomic E-state index is 0.0803. The summed E-state index contributed by atoms with van der Waals surface area (Å²) < 4.78 is 39.8. The molecule has 1 fully saturated rings. The summed E-state index contributed by atoms with van der Waals surface area (Å²) in [5.74, 6) is 0.528. The second-order valence-corrected chi connectivity index (χ2v) is 9.24. The molecule has 0 aliphatic carbocycles. The van der Waals surface area contributed by atoms with Crippen molar-refractivity contribution in [2.45, 2.75) is 26.2 Å². The molecule has 3 aromatic carbocycles. The molecule has 3 aromatic rings. The Labute approximate surface area is 197 Å². The van der Waals surface area contributed by atoms with Gasteiger partial charge in [0.15, 0.2) is 6.61 Å². The molecule has 0 spiro atoms. The summed E-state index contributed by atoms with van der Waals surface area (Å²) in [6.07, 6.45) is 2.55. The van der Waals surface area contributed by atoms with Gasteiger partial charge in [-0.15, -0.1) is 0 Å². The van der Waals surface area contributed by atoms with Gasteiger partial charge < -0.3 is 14.8 Å². The topological polar surface area (TPSA) is 50.8 Å². The number of nitrogens with zero attached hydrogens (tertiary/aromatic N) is 1. The normalized spacial score (nSPS) is 16.7. The second kappa shape index (κ2) is 9.58. The minimum Gasteiger partial charge on any atom is -0.491 e. The van der Waals surface area contributed by atoms with Crippen LogP contribution in [0.15, 0.2) is 42.5 Å². The molecule has 1 N–H and O–H groups in total. The minimum atomic E-state index is -0.297. The Morgan fingerprint density at radius 3 is 2.76 bits per heavy atom. The number of carbonyl (C=O) groups is 1. The highest BCUT2D eigenvalue weighted by Crippen LogP contribution is 2.33. The molecule has 0 radical (unpaired) electrons. The molecule has 1 amide bonds. The number of nitrogens with one attached hydrogen (secondary N) is 1. The van der Waals surface area contributed by atoms with Gasteiger partial charge >= 0.3 is 0 Å². The van der Waals surface area contributed by atoms with E-state index < -0.39 is 0 Å². The number of amides is 1. The van der Waals surface area contributed by atoms with Crippen LogP contribution in [-0.2, 0) is 11.2 Å². The van der Waals surface area contributed by atoms with Crippen LogP contribution in [0.5, 0.6) is 11.5 Å². The molecule has 178 valence electrons. The molecule has 5 nitrogen and oxygen atoms in total. The van der Waals surface area contributed by atoms with Crippen LogP contribution in [0.25, 0.3) is 10.8 Å². The maximum absolute atomic E-state index is 14.5. The summed E-state index contributed by atoms with van der Waals surface area (Å²) in [5, 5.41) is 4.51. The number of benzene rings is 3. The summed E-state index contributed by atoms with van der Waals surface area (Å²) in [7, 11) is 0. The molecule has 5 rings (SSSR count). The van der Waals surface area contributed by atoms with Crippen molar-refractivity contribution in [3.05, 3.63) is 65.2 Å². The number of ether oxygens (including phenoxy) is 2. The first-order valence-electron chi connectivity index (χ1n) is 11.7. The van der Waals surface area contributed by atoms with Gasteiger partial charge in [0.2, 0.25) is 0 Å². The van der Waals surface area contributed by atoms with Crippen molar-refractivity contribution in [1.29, 1.82) is 0 Å². The molecule has 7 heteroatoms. The number of rotatable bonds is 6. The molecule has 1 saturated heterocycles. The van der Waals surface area contributed by atoms with Crippen LogP contribution in [0.3, 0.4) is 0 Å². The highest BCUT2D eigenvalue weighted by molar-refractivity contribution is 5.95. The van der Waals surface area contributed by atoms with E-state index in [1.807, 2.05) is 25.1 Å². The average molecular weight is 467 g/mol. The molecule has 34 heavy (non-hydrogen) atoms. The lowest BCUT2D eigenvalue weighted by Gasteiger charge is -2.32. The lowest BCUT2D eigenvalue weighted by molar-refractivity contribution is -0.118. The van der Waals surface area contributed by atoms with Crippen molar-refractivity contribution in [3.63, 3.8) is 0 Å². The number of aryl methyl sites for hydroxylation is 1. The van der Waals surface area contributed by atoms with Crippen molar-refractivity contribution < 1.29 is 23.0 Å². The fourth-order valence-corrected chi connectivity index (χ4v) is 4.85. The summed E-state index contributed by atoms with van der Waals surface area (Å²) >= 11 is 0. The van der Waals surface area contributed by atoms with Crippen molar-refractivity contribution >= 4 is 22.4 Å². The van der Waals surface area contributed by atoms with Crippen LogP contribution in [0.2, 0.25) is 0 Å². The van der Waals surface area contributed by atoms with E-state index >= 15 is 0 Å². The van der Waals surface area contributed by atoms with E-state index in [-0.39, 0.29) is 24.1 Å². The van der Waals surface area contributed by atoms with Gasteiger partial charge in [0, 0.05) is 24.1 Å². The highest BCUT2D eigenvalue weighted by Gasteiger charge is 2.23. The van der Waals surface area contributed by atoms with Gasteiger partial charge in [0.05, 0.1) is 5.69 Å². The number of hydrogen-bond donors (Lipinski definition) is 1. The van der Waals surface area contributed by atoms with E-state index in [1.54, 1.807) is 6.07 Å². The number of carbonyl (C=O) groups excluding carboxylic acids is 1. The lowest BCUT2D eigenvalue weighted by Crippen LogP contribution is -2.37. The van der Waals surface area contributed by atoms with Crippen LogP contribution in [0, 0.1) is 24.5 Å². The summed E-state index contributed by atoms with van der Waals surface area (Å²) in [6.45, 7) is 4.96. The standard InChI is InChI=1S/C27H28F2N2O3/c1-17-2-3-22-19(10-17)12-21(28)14-25(22)33-9-8-31-6-4-18(5-7-31)11-20-13-24-26(15-23(20)29)34-16-27(32)30-24/h2-3,10,12-15,18H,4-9,11,16H2,1H3,(H,30,32). The number of anilines is 1. The Bertz CT molecular complexity index is 1220. The summed E-state index contributed by atoms with van der Waals surface area (Å²) in [4.78, 5) is 13.9. The Morgan fingerprint density at radius 2 is 1.94 bits per heavy atom. The molecule has 0 unspecified atom stereocenters. The van der Waals surface area contributed by atoms with E-state index in [0.717, 1.165) is 48.8 Å². The quantitative estimate of drug-likeness (QED) is 0.550. The van der Waals surface area contributed by atoms with Crippen molar-refractivity contribution in [3.8, 4) is 11.5 Å². The predicted molar refractivity (Wildman–Crippen MR) is 128 cm³/mol. The zero-order valence-electron chi connectivity index (χ0n) is 19.2. The Balaban J connectivity index is 1.13. The molecular formula is C27H28F2N2O3. The monoisotopic (exact) mass is 466 g/mol. The molecule has 0 atom stereocenters. The Kier molecular flexibility index (Phi) is 6.37. The number of hydrogen-bond acceptors (Lipinski definition) is 4. The smallest absolute Gasteiger partial charge is 0.262 e. The third-order valence-corrected chi connectivity index (χ3v) is 6.70. The summed E-state index contributed by atoms with van der Waals surface area (Å²) in [6, 6.07) is 12.0. The van der Waals surface area contributed by atoms with E-state index in [4.69, 9.17) is 9.47 Å². The first-order chi connectivity index (χ1) is 16.4. The average Bonchev–Trinajstić information content (AvgIpc) is 2.80. The third kappa shape index (κ3) is 4.99. The predicted octanol–water partition coefficient (Wildman–Crippen LogP) is 5.09. The van der Waals surface area contributed by atoms with Gasteiger partial charge in [-0.3, -0.25) is 9.69 Å². The number of piperidine rings is 1. The second-order valence-electron chi connectivity index (χ2n) is 9.24. The SMILES string of the molecule is Cc1ccc2c(OCCN3CCC(Cc4cc5c(cc4F)OCC(=O)N5)CC3)cc(F)cc2c1. The fraction of sp³-hybridized carbons (Fsp3) is 0.370. The molecule has 2 aliphatic heterocycles. The molecule has 0 saturated carbocycles. The van der Waals surface area contributed by atoms with Gasteiger partial charge in [-0.05, 0) is 68.3 Å². The third-order valence-electron chi connectivity index (χ3n) is 6.70. The number of halogens is 2. The lowest BCUT2D eigenvalue weighted by atomic mass is 9.89. The molecule has 2 heterocycles. The maximum atomic E-state index is 14.5. The molecule has 0 bridgehead atoms. The maximum Gasteiger partial charge on any atom is 0.262 e. The first-order valence-corrected chi connectivity index (χ1v) is 11.7. The highest BCUT2D eigenvalue weighted by atomic mass is 19.1. The number of fused-ring (bicyclic) bond motifs is 2. The fourth-order valence-electron chi connectivity index (χ4n) is 4.85. The molecular weight excluding hydrogens is 438 g/mol. The van der Waals surface area contributed by atoms with Gasteiger partial charge in [-0.25, -0.2) is 8.78 Å². The van der Waals surface area contributed by atoms with E-state index in [2.05, 4.69) is 10.2 Å². The van der Waals surface area contributed by atoms with Crippen molar-refractivity contribution in [2.75, 3.05) is 38.2 Å². The van der Waals surface area contributed by atoms with Gasteiger partial charge in [-0.2, -0.15) is 0 Å². The van der Waals surface area contributed by atoms with E-state index in [9.17, 15) is 13.6 Å². The van der Waals surface area contributed by atoms with Crippen LogP contribution in [-0.4, -0.2) is 43.7 Å². The zero-order chi connectivity index (χ0) is 23.7. The Hall–Kier alpha value is -3.19. The molecule has 2 aliphatic rings. The molecule has 0 aromatic heterocycles. The van der Waals surface area contributed by atoms with Crippen LogP contribution in [0.4, 0.5) is 14.5 Å². The van der Waals surface area contributed by atoms with Gasteiger partial charge in [0.1, 0.15) is 29.7 Å². The number of likely N-dealkylation sites (tertiary alicyclic amines) is 1. The largest absolute Gasteiger partial charge is 0.491 e. The van der Waals surface area contributed by atoms with Gasteiger partial charge in [0.25, 0.3) is 5.91 Å². The summed E-state index contributed by atoms with van der Waals surface area (Å²) in [5.41, 5.74) is 2.24. The van der Waals surface area contributed by atoms with Gasteiger partial charge in [-0.1, -0.05) is 23.8 Å². The zero-order valence-corrected chi connectivity index (χ0v) is 19.2. The van der Waals surface area contributed by atoms with Crippen LogP contribution < -0.4 is 14.8 Å². The Morgan fingerprint density at radius 1 is 1.12 bits per heavy atom. The van der Waals surface area contributed by atoms with Crippen LogP contribution >= 0.6 is 0 Å². The first kappa shape index (κ1) is 22.6.